The molecule has 0 spiro atoms. The maximum atomic E-state index is 11.1. The van der Waals surface area contributed by atoms with Crippen LogP contribution in [0.2, 0.25) is 0 Å². The molecule has 4 nitrogen and oxygen atoms in total. The van der Waals surface area contributed by atoms with Crippen molar-refractivity contribution in [3.05, 3.63) is 23.4 Å². The van der Waals surface area contributed by atoms with Gasteiger partial charge in [0.2, 0.25) is 0 Å². The zero-order chi connectivity index (χ0) is 12.4. The zero-order valence-corrected chi connectivity index (χ0v) is 10.3. The number of rotatable bonds is 4. The minimum atomic E-state index is -0.884. The molecule has 4 heteroatoms. The van der Waals surface area contributed by atoms with Crippen molar-refractivity contribution in [2.75, 3.05) is 11.9 Å². The highest BCUT2D eigenvalue weighted by Gasteiger charge is 2.23. The molecule has 1 fully saturated rings. The van der Waals surface area contributed by atoms with Crippen LogP contribution in [0.3, 0.4) is 0 Å². The second-order valence-corrected chi connectivity index (χ2v) is 4.56. The van der Waals surface area contributed by atoms with E-state index in [1.165, 1.54) is 19.3 Å². The van der Waals surface area contributed by atoms with Gasteiger partial charge in [0.25, 0.3) is 0 Å². The van der Waals surface area contributed by atoms with Crippen molar-refractivity contribution in [2.24, 2.45) is 0 Å². The largest absolute Gasteiger partial charge is 0.478 e. The molecular formula is C13H18N2O2. The van der Waals surface area contributed by atoms with Crippen molar-refractivity contribution in [2.45, 2.75) is 38.6 Å². The van der Waals surface area contributed by atoms with Gasteiger partial charge in [-0.1, -0.05) is 6.92 Å². The lowest BCUT2D eigenvalue weighted by Crippen LogP contribution is -2.37. The van der Waals surface area contributed by atoms with Gasteiger partial charge < -0.3 is 10.0 Å². The highest BCUT2D eigenvalue weighted by Crippen LogP contribution is 2.27. The van der Waals surface area contributed by atoms with Gasteiger partial charge in [-0.25, -0.2) is 9.78 Å². The number of aromatic nitrogens is 1. The number of aromatic carboxylic acids is 1. The zero-order valence-electron chi connectivity index (χ0n) is 10.3. The Balaban J connectivity index is 2.31. The summed E-state index contributed by atoms with van der Waals surface area (Å²) in [6, 6.07) is 3.84. The highest BCUT2D eigenvalue weighted by molar-refractivity contribution is 5.88. The Labute approximate surface area is 101 Å². The van der Waals surface area contributed by atoms with E-state index in [0.717, 1.165) is 17.9 Å². The van der Waals surface area contributed by atoms with E-state index >= 15 is 0 Å². The fourth-order valence-corrected chi connectivity index (χ4v) is 2.02. The van der Waals surface area contributed by atoms with E-state index in [2.05, 4.69) is 9.88 Å². The number of carboxylic acids is 1. The van der Waals surface area contributed by atoms with Crippen LogP contribution in [0.5, 0.6) is 0 Å². The first-order valence-corrected chi connectivity index (χ1v) is 6.09. The average Bonchev–Trinajstić information content (AvgIpc) is 2.25. The molecule has 0 aromatic carbocycles. The number of aryl methyl sites for hydroxylation is 1. The van der Waals surface area contributed by atoms with Crippen LogP contribution in [0, 0.1) is 0 Å². The van der Waals surface area contributed by atoms with E-state index in [1.54, 1.807) is 12.1 Å². The normalized spacial score (nSPS) is 15.4. The van der Waals surface area contributed by atoms with E-state index in [-0.39, 0.29) is 0 Å². The third kappa shape index (κ3) is 2.40. The first kappa shape index (κ1) is 11.9. The molecule has 1 saturated carbocycles. The quantitative estimate of drug-likeness (QED) is 0.868. The summed E-state index contributed by atoms with van der Waals surface area (Å²) in [6.45, 7) is 1.99. The molecule has 0 radical (unpaired) electrons. The van der Waals surface area contributed by atoms with Gasteiger partial charge in [-0.2, -0.15) is 0 Å². The van der Waals surface area contributed by atoms with E-state index in [0.29, 0.717) is 11.6 Å². The van der Waals surface area contributed by atoms with Crippen molar-refractivity contribution >= 4 is 11.8 Å². The topological polar surface area (TPSA) is 53.4 Å². The molecule has 1 aromatic rings. The standard InChI is InChI=1S/C13H18N2O2/c1-3-10-7-9(13(16)17)8-12(14-10)15(2)11-5-4-6-11/h7-8,11H,3-6H2,1-2H3,(H,16,17). The average molecular weight is 234 g/mol. The van der Waals surface area contributed by atoms with E-state index in [4.69, 9.17) is 5.11 Å². The molecule has 1 N–H and O–H groups in total. The maximum Gasteiger partial charge on any atom is 0.335 e. The molecule has 1 aliphatic carbocycles. The number of carbonyl (C=O) groups is 1. The smallest absolute Gasteiger partial charge is 0.335 e. The van der Waals surface area contributed by atoms with E-state index in [9.17, 15) is 4.79 Å². The van der Waals surface area contributed by atoms with Crippen LogP contribution >= 0.6 is 0 Å². The molecular weight excluding hydrogens is 216 g/mol. The fourth-order valence-electron chi connectivity index (χ4n) is 2.02. The third-order valence-electron chi connectivity index (χ3n) is 3.46. The Bertz CT molecular complexity index is 427. The van der Waals surface area contributed by atoms with Gasteiger partial charge in [-0.3, -0.25) is 0 Å². The monoisotopic (exact) mass is 234 g/mol. The summed E-state index contributed by atoms with van der Waals surface area (Å²) in [5, 5.41) is 9.07. The first-order chi connectivity index (χ1) is 8.11. The van der Waals surface area contributed by atoms with Crippen LogP contribution in [-0.2, 0) is 6.42 Å². The molecule has 92 valence electrons. The molecule has 1 heterocycles. The Kier molecular flexibility index (Phi) is 3.31. The Hall–Kier alpha value is -1.58. The lowest BCUT2D eigenvalue weighted by atomic mass is 9.92. The predicted octanol–water partition coefficient (Wildman–Crippen LogP) is 2.33. The summed E-state index contributed by atoms with van der Waals surface area (Å²) >= 11 is 0. The van der Waals surface area contributed by atoms with Gasteiger partial charge in [0, 0.05) is 18.8 Å². The van der Waals surface area contributed by atoms with Gasteiger partial charge in [0.05, 0.1) is 5.56 Å². The molecule has 0 amide bonds. The molecule has 0 unspecified atom stereocenters. The Morgan fingerprint density at radius 2 is 2.24 bits per heavy atom. The van der Waals surface area contributed by atoms with Crippen LogP contribution in [-0.4, -0.2) is 29.1 Å². The summed E-state index contributed by atoms with van der Waals surface area (Å²) in [6.07, 6.45) is 4.37. The molecule has 1 aliphatic rings. The summed E-state index contributed by atoms with van der Waals surface area (Å²) < 4.78 is 0. The van der Waals surface area contributed by atoms with Crippen LogP contribution in [0.15, 0.2) is 12.1 Å². The minimum absolute atomic E-state index is 0.332. The predicted molar refractivity (Wildman–Crippen MR) is 66.6 cm³/mol. The van der Waals surface area contributed by atoms with Crippen molar-refractivity contribution in [3.63, 3.8) is 0 Å². The lowest BCUT2D eigenvalue weighted by molar-refractivity contribution is 0.0696. The summed E-state index contributed by atoms with van der Waals surface area (Å²) in [5.74, 6) is -0.100. The van der Waals surface area contributed by atoms with Crippen molar-refractivity contribution < 1.29 is 9.90 Å². The molecule has 0 saturated heterocycles. The highest BCUT2D eigenvalue weighted by atomic mass is 16.4. The van der Waals surface area contributed by atoms with Gasteiger partial charge in [0.15, 0.2) is 0 Å². The van der Waals surface area contributed by atoms with Crippen LogP contribution in [0.25, 0.3) is 0 Å². The summed E-state index contributed by atoms with van der Waals surface area (Å²) in [5.41, 5.74) is 1.17. The fraction of sp³-hybridized carbons (Fsp3) is 0.538. The lowest BCUT2D eigenvalue weighted by Gasteiger charge is -2.35. The van der Waals surface area contributed by atoms with E-state index in [1.807, 2.05) is 14.0 Å². The Morgan fingerprint density at radius 3 is 2.71 bits per heavy atom. The molecule has 0 bridgehead atoms. The number of hydrogen-bond acceptors (Lipinski definition) is 3. The van der Waals surface area contributed by atoms with Gasteiger partial charge in [-0.15, -0.1) is 0 Å². The van der Waals surface area contributed by atoms with Crippen molar-refractivity contribution in [3.8, 4) is 0 Å². The SMILES string of the molecule is CCc1cc(C(=O)O)cc(N(C)C2CCC2)n1. The second kappa shape index (κ2) is 4.73. The number of hydrogen-bond donors (Lipinski definition) is 1. The number of nitrogens with zero attached hydrogens (tertiary/aromatic N) is 2. The van der Waals surface area contributed by atoms with Crippen LogP contribution in [0.4, 0.5) is 5.82 Å². The Morgan fingerprint density at radius 1 is 1.53 bits per heavy atom. The van der Waals surface area contributed by atoms with E-state index < -0.39 is 5.97 Å². The number of anilines is 1. The summed E-state index contributed by atoms with van der Waals surface area (Å²) in [7, 11) is 2.00. The molecule has 0 aliphatic heterocycles. The van der Waals surface area contributed by atoms with Gasteiger partial charge in [0.1, 0.15) is 5.82 Å². The first-order valence-electron chi connectivity index (χ1n) is 6.09. The third-order valence-corrected chi connectivity index (χ3v) is 3.46. The van der Waals surface area contributed by atoms with Crippen LogP contribution in [0.1, 0.15) is 42.2 Å². The van der Waals surface area contributed by atoms with Crippen molar-refractivity contribution in [1.29, 1.82) is 0 Å². The molecule has 17 heavy (non-hydrogen) atoms. The number of pyridine rings is 1. The van der Waals surface area contributed by atoms with Gasteiger partial charge >= 0.3 is 5.97 Å². The van der Waals surface area contributed by atoms with Crippen molar-refractivity contribution in [1.82, 2.24) is 4.98 Å². The maximum absolute atomic E-state index is 11.1. The molecule has 2 rings (SSSR count). The number of carboxylic acid groups (broad SMARTS) is 1. The molecule has 0 atom stereocenters. The molecule has 1 aromatic heterocycles. The van der Waals surface area contributed by atoms with Crippen LogP contribution < -0.4 is 4.90 Å². The van der Waals surface area contributed by atoms with Gasteiger partial charge in [-0.05, 0) is 37.8 Å². The minimum Gasteiger partial charge on any atom is -0.478 e. The second-order valence-electron chi connectivity index (χ2n) is 4.56. The summed E-state index contributed by atoms with van der Waals surface area (Å²) in [4.78, 5) is 17.7.